The smallest absolute Gasteiger partial charge is 0.438 e. The Morgan fingerprint density at radius 2 is 2.32 bits per heavy atom. The van der Waals surface area contributed by atoms with Gasteiger partial charge in [0.05, 0.1) is 17.2 Å². The maximum atomic E-state index is 11.2. The minimum Gasteiger partial charge on any atom is -0.486 e. The maximum absolute atomic E-state index is 11.2. The Bertz CT molecular complexity index is 852. The standard InChI is InChI=1S/C14H15IN4O5S/c1-14(2,12-16-13(20)24-17-12)6-9-7-18(25-15)10-5-8(19(21)22)3-4-11(10)23-9/h3-5,9H,6-7H2,1-2H3,(H,16,17,20). The Kier molecular flexibility index (Phi) is 4.95. The highest BCUT2D eigenvalue weighted by atomic mass is 127. The number of H-pyrrole nitrogens is 1. The van der Waals surface area contributed by atoms with Crippen molar-refractivity contribution in [1.82, 2.24) is 10.1 Å². The van der Waals surface area contributed by atoms with Crippen LogP contribution < -0.4 is 14.8 Å². The number of nitro benzene ring substituents is 1. The molecule has 0 amide bonds. The fourth-order valence-electron chi connectivity index (χ4n) is 2.77. The lowest BCUT2D eigenvalue weighted by atomic mass is 9.85. The summed E-state index contributed by atoms with van der Waals surface area (Å²) in [5, 5.41) is 14.8. The Balaban J connectivity index is 1.84. The number of fused-ring (bicyclic) bond motifs is 1. The van der Waals surface area contributed by atoms with Gasteiger partial charge in [0.1, 0.15) is 11.9 Å². The lowest BCUT2D eigenvalue weighted by Crippen LogP contribution is -2.40. The topological polar surface area (TPSA) is 114 Å². The first kappa shape index (κ1) is 18.0. The van der Waals surface area contributed by atoms with Crippen molar-refractivity contribution in [1.29, 1.82) is 0 Å². The molecule has 0 saturated carbocycles. The molecule has 1 unspecified atom stereocenters. The molecule has 1 aliphatic rings. The number of halogens is 1. The van der Waals surface area contributed by atoms with Crippen molar-refractivity contribution in [2.24, 2.45) is 0 Å². The Morgan fingerprint density at radius 3 is 2.92 bits per heavy atom. The molecule has 0 fully saturated rings. The molecule has 0 radical (unpaired) electrons. The van der Waals surface area contributed by atoms with Gasteiger partial charge in [0, 0.05) is 47.9 Å². The van der Waals surface area contributed by atoms with Crippen LogP contribution in [0.2, 0.25) is 0 Å². The van der Waals surface area contributed by atoms with Crippen LogP contribution in [0.25, 0.3) is 0 Å². The first-order valence-electron chi connectivity index (χ1n) is 7.38. The van der Waals surface area contributed by atoms with E-state index >= 15 is 0 Å². The highest BCUT2D eigenvalue weighted by Gasteiger charge is 2.35. The van der Waals surface area contributed by atoms with Crippen molar-refractivity contribution in [2.75, 3.05) is 10.8 Å². The zero-order valence-corrected chi connectivity index (χ0v) is 16.4. The highest BCUT2D eigenvalue weighted by Crippen LogP contribution is 2.43. The number of aromatic nitrogens is 2. The number of nitrogens with zero attached hydrogens (tertiary/aromatic N) is 3. The number of benzene rings is 1. The summed E-state index contributed by atoms with van der Waals surface area (Å²) in [6.45, 7) is 4.43. The minimum atomic E-state index is -0.588. The molecule has 0 spiro atoms. The first-order valence-corrected chi connectivity index (χ1v) is 10.7. The van der Waals surface area contributed by atoms with Gasteiger partial charge in [-0.3, -0.25) is 19.6 Å². The number of hydrogen-bond donors (Lipinski definition) is 1. The van der Waals surface area contributed by atoms with Gasteiger partial charge < -0.3 is 9.04 Å². The lowest BCUT2D eigenvalue weighted by molar-refractivity contribution is -0.384. The van der Waals surface area contributed by atoms with Crippen LogP contribution in [0, 0.1) is 10.1 Å². The molecule has 25 heavy (non-hydrogen) atoms. The normalized spacial score (nSPS) is 17.1. The van der Waals surface area contributed by atoms with Gasteiger partial charge >= 0.3 is 5.76 Å². The van der Waals surface area contributed by atoms with Crippen molar-refractivity contribution in [3.05, 3.63) is 44.7 Å². The Morgan fingerprint density at radius 1 is 1.56 bits per heavy atom. The van der Waals surface area contributed by atoms with Crippen molar-refractivity contribution in [2.45, 2.75) is 31.8 Å². The monoisotopic (exact) mass is 478 g/mol. The molecule has 1 aromatic heterocycles. The third-order valence-corrected chi connectivity index (χ3v) is 5.93. The van der Waals surface area contributed by atoms with Gasteiger partial charge in [0.2, 0.25) is 0 Å². The van der Waals surface area contributed by atoms with Crippen molar-refractivity contribution in [3.8, 4) is 5.75 Å². The fourth-order valence-corrected chi connectivity index (χ4v) is 4.33. The van der Waals surface area contributed by atoms with Crippen LogP contribution in [0.3, 0.4) is 0 Å². The molecule has 0 bridgehead atoms. The van der Waals surface area contributed by atoms with E-state index in [4.69, 9.17) is 4.74 Å². The van der Waals surface area contributed by atoms with Gasteiger partial charge in [0.25, 0.3) is 5.69 Å². The minimum absolute atomic E-state index is 0.0248. The molecule has 0 aliphatic carbocycles. The van der Waals surface area contributed by atoms with Crippen LogP contribution in [0.1, 0.15) is 26.1 Å². The summed E-state index contributed by atoms with van der Waals surface area (Å²) in [5.41, 5.74) is 0.241. The maximum Gasteiger partial charge on any atom is 0.438 e. The SMILES string of the molecule is CC(C)(CC1CN(SI)c2cc([N+](=O)[O-])ccc2O1)c1noc(=O)[nH]1. The molecule has 1 N–H and O–H groups in total. The summed E-state index contributed by atoms with van der Waals surface area (Å²) in [5.74, 6) is 0.467. The molecule has 0 saturated heterocycles. The van der Waals surface area contributed by atoms with Gasteiger partial charge in [-0.05, 0) is 12.5 Å². The molecule has 134 valence electrons. The van der Waals surface area contributed by atoms with E-state index < -0.39 is 16.1 Å². The third-order valence-electron chi connectivity index (χ3n) is 3.99. The zero-order chi connectivity index (χ0) is 18.2. The van der Waals surface area contributed by atoms with Gasteiger partial charge in [0.15, 0.2) is 5.82 Å². The number of hydrogen-bond acceptors (Lipinski definition) is 8. The molecule has 1 aromatic carbocycles. The third kappa shape index (κ3) is 3.76. The average Bonchev–Trinajstić information content (AvgIpc) is 3.00. The number of nitro groups is 1. The van der Waals surface area contributed by atoms with Crippen LogP contribution in [0.15, 0.2) is 27.5 Å². The number of ether oxygens (including phenoxy) is 1. The van der Waals surface area contributed by atoms with Crippen molar-refractivity contribution in [3.63, 3.8) is 0 Å². The Hall–Kier alpha value is -1.76. The molecule has 1 atom stereocenters. The van der Waals surface area contributed by atoms with Crippen LogP contribution in [0.5, 0.6) is 5.75 Å². The zero-order valence-electron chi connectivity index (χ0n) is 13.4. The van der Waals surface area contributed by atoms with E-state index in [1.54, 1.807) is 6.07 Å². The second kappa shape index (κ2) is 6.86. The second-order valence-corrected chi connectivity index (χ2v) is 8.07. The average molecular weight is 478 g/mol. The quantitative estimate of drug-likeness (QED) is 0.302. The second-order valence-electron chi connectivity index (χ2n) is 6.31. The molecular formula is C14H15IN4O5S. The van der Waals surface area contributed by atoms with E-state index in [1.165, 1.54) is 21.3 Å². The molecule has 11 heteroatoms. The van der Waals surface area contributed by atoms with Crippen LogP contribution in [-0.2, 0) is 5.41 Å². The van der Waals surface area contributed by atoms with E-state index in [0.29, 0.717) is 30.2 Å². The molecule has 2 aromatic rings. The lowest BCUT2D eigenvalue weighted by Gasteiger charge is -2.36. The van der Waals surface area contributed by atoms with Gasteiger partial charge in [-0.2, -0.15) is 0 Å². The molecule has 9 nitrogen and oxygen atoms in total. The number of nitrogens with one attached hydrogen (secondary N) is 1. The summed E-state index contributed by atoms with van der Waals surface area (Å²) in [4.78, 5) is 24.3. The van der Waals surface area contributed by atoms with Crippen LogP contribution in [0.4, 0.5) is 11.4 Å². The molecular weight excluding hydrogens is 463 g/mol. The predicted octanol–water partition coefficient (Wildman–Crippen LogP) is 3.20. The summed E-state index contributed by atoms with van der Waals surface area (Å²) in [7, 11) is 1.45. The van der Waals surface area contributed by atoms with Crippen molar-refractivity contribution >= 4 is 41.7 Å². The number of anilines is 1. The number of non-ortho nitro benzene ring substituents is 1. The van der Waals surface area contributed by atoms with E-state index in [1.807, 2.05) is 18.2 Å². The molecule has 1 aliphatic heterocycles. The summed E-state index contributed by atoms with van der Waals surface area (Å²) < 4.78 is 12.6. The summed E-state index contributed by atoms with van der Waals surface area (Å²) in [6.07, 6.45) is 0.408. The van der Waals surface area contributed by atoms with E-state index in [2.05, 4.69) is 35.9 Å². The van der Waals surface area contributed by atoms with Gasteiger partial charge in [-0.25, -0.2) is 4.79 Å². The number of aromatic amines is 1. The molecule has 2 heterocycles. The van der Waals surface area contributed by atoms with E-state index in [9.17, 15) is 14.9 Å². The summed E-state index contributed by atoms with van der Waals surface area (Å²) in [6, 6.07) is 4.56. The number of rotatable bonds is 5. The Labute approximate surface area is 159 Å². The largest absolute Gasteiger partial charge is 0.486 e. The fraction of sp³-hybridized carbons (Fsp3) is 0.429. The van der Waals surface area contributed by atoms with Crippen LogP contribution in [-0.4, -0.2) is 27.7 Å². The highest BCUT2D eigenvalue weighted by molar-refractivity contribution is 14.2. The van der Waals surface area contributed by atoms with Crippen molar-refractivity contribution < 1.29 is 14.2 Å². The first-order chi connectivity index (χ1) is 11.8. The van der Waals surface area contributed by atoms with Gasteiger partial charge in [-0.15, -0.1) is 0 Å². The molecule has 3 rings (SSSR count). The predicted molar refractivity (Wildman–Crippen MR) is 101 cm³/mol. The van der Waals surface area contributed by atoms with Gasteiger partial charge in [-0.1, -0.05) is 19.0 Å². The van der Waals surface area contributed by atoms with E-state index in [-0.39, 0.29) is 11.8 Å². The summed E-state index contributed by atoms with van der Waals surface area (Å²) >= 11 is 2.14. The van der Waals surface area contributed by atoms with Crippen LogP contribution >= 0.6 is 30.3 Å². The van der Waals surface area contributed by atoms with E-state index in [0.717, 1.165) is 0 Å².